The molecule has 0 radical (unpaired) electrons. The van der Waals surface area contributed by atoms with Crippen LogP contribution in [0.15, 0.2) is 176 Å². The van der Waals surface area contributed by atoms with Crippen molar-refractivity contribution in [2.75, 3.05) is 0 Å². The molecule has 0 spiro atoms. The Morgan fingerprint density at radius 1 is 0.353 bits per heavy atom. The van der Waals surface area contributed by atoms with Gasteiger partial charge in [-0.3, -0.25) is 0 Å². The van der Waals surface area contributed by atoms with E-state index < -0.39 is 0 Å². The maximum atomic E-state index is 5.17. The lowest BCUT2D eigenvalue weighted by molar-refractivity contribution is 1.16. The van der Waals surface area contributed by atoms with Gasteiger partial charge in [0.15, 0.2) is 5.82 Å². The van der Waals surface area contributed by atoms with Crippen LogP contribution in [0.5, 0.6) is 0 Å². The molecule has 7 aromatic carbocycles. The largest absolute Gasteiger partial charge is 0.244 e. The molecule has 10 aromatic rings. The van der Waals surface area contributed by atoms with Crippen LogP contribution in [-0.2, 0) is 0 Å². The molecule has 0 fully saturated rings. The summed E-state index contributed by atoms with van der Waals surface area (Å²) in [5, 5.41) is 6.05. The van der Waals surface area contributed by atoms with Gasteiger partial charge in [0.05, 0.1) is 16.9 Å². The summed E-state index contributed by atoms with van der Waals surface area (Å²) < 4.78 is 2.66. The Bertz CT molecular complexity index is 2910. The molecule has 0 unspecified atom stereocenters. The monoisotopic (exact) mass is 667 g/mol. The van der Waals surface area contributed by atoms with E-state index in [2.05, 4.69) is 133 Å². The first kappa shape index (κ1) is 29.4. The standard InChI is InChI=1S/C47H29N3S/c1-2-11-32(12-3-1)43-29-44(50-47(49-43)42-28-25-33-13-4-8-19-41(33)48-42)38-27-26-34(36-14-5-6-15-37(36)38)30-21-23-31(24-22-30)35-17-10-18-40-39-16-7-9-20-45(39)51-46(35)40/h1-29H. The molecule has 51 heavy (non-hydrogen) atoms. The number of fused-ring (bicyclic) bond motifs is 5. The van der Waals surface area contributed by atoms with E-state index in [1.165, 1.54) is 47.8 Å². The number of rotatable bonds is 5. The molecule has 3 nitrogen and oxygen atoms in total. The summed E-state index contributed by atoms with van der Waals surface area (Å²) in [4.78, 5) is 15.2. The zero-order valence-corrected chi connectivity index (χ0v) is 28.3. The third kappa shape index (κ3) is 5.16. The molecule has 0 N–H and O–H groups in total. The van der Waals surface area contributed by atoms with Gasteiger partial charge >= 0.3 is 0 Å². The highest BCUT2D eigenvalue weighted by molar-refractivity contribution is 7.26. The molecule has 4 heteroatoms. The first-order chi connectivity index (χ1) is 25.3. The normalized spacial score (nSPS) is 11.5. The Morgan fingerprint density at radius 3 is 1.84 bits per heavy atom. The molecular formula is C47H29N3S. The van der Waals surface area contributed by atoms with Crippen LogP contribution < -0.4 is 0 Å². The van der Waals surface area contributed by atoms with E-state index in [1.807, 2.05) is 53.8 Å². The lowest BCUT2D eigenvalue weighted by Crippen LogP contribution is -1.98. The number of para-hydroxylation sites is 1. The number of benzene rings is 7. The van der Waals surface area contributed by atoms with Crippen LogP contribution in [0.1, 0.15) is 0 Å². The molecule has 0 atom stereocenters. The summed E-state index contributed by atoms with van der Waals surface area (Å²) in [5.41, 5.74) is 10.4. The molecule has 0 bridgehead atoms. The molecule has 0 aliphatic heterocycles. The summed E-state index contributed by atoms with van der Waals surface area (Å²) in [6.07, 6.45) is 0. The smallest absolute Gasteiger partial charge is 0.179 e. The van der Waals surface area contributed by atoms with Crippen molar-refractivity contribution in [1.82, 2.24) is 15.0 Å². The zero-order valence-electron chi connectivity index (χ0n) is 27.5. The van der Waals surface area contributed by atoms with Crippen molar-refractivity contribution in [3.8, 4) is 56.3 Å². The average Bonchev–Trinajstić information content (AvgIpc) is 3.60. The highest BCUT2D eigenvalue weighted by Crippen LogP contribution is 2.41. The van der Waals surface area contributed by atoms with Crippen LogP contribution in [0, 0.1) is 0 Å². The van der Waals surface area contributed by atoms with Crippen molar-refractivity contribution in [1.29, 1.82) is 0 Å². The van der Waals surface area contributed by atoms with E-state index >= 15 is 0 Å². The SMILES string of the molecule is c1ccc(-c2cc(-c3ccc(-c4ccc(-c5cccc6c5sc5ccccc56)cc4)c4ccccc34)nc(-c3ccc4ccccc4n3)n2)cc1. The number of hydrogen-bond donors (Lipinski definition) is 0. The predicted molar refractivity (Wildman–Crippen MR) is 215 cm³/mol. The molecule has 0 aliphatic carbocycles. The predicted octanol–water partition coefficient (Wildman–Crippen LogP) is 12.9. The second kappa shape index (κ2) is 12.1. The van der Waals surface area contributed by atoms with Gasteiger partial charge in [-0.15, -0.1) is 11.3 Å². The maximum absolute atomic E-state index is 5.17. The van der Waals surface area contributed by atoms with Crippen molar-refractivity contribution in [3.05, 3.63) is 176 Å². The van der Waals surface area contributed by atoms with Crippen LogP contribution in [0.4, 0.5) is 0 Å². The first-order valence-electron chi connectivity index (χ1n) is 17.1. The molecule has 3 aromatic heterocycles. The van der Waals surface area contributed by atoms with Gasteiger partial charge in [-0.1, -0.05) is 152 Å². The summed E-state index contributed by atoms with van der Waals surface area (Å²) in [5.74, 6) is 0.606. The van der Waals surface area contributed by atoms with Gasteiger partial charge in [-0.05, 0) is 57.3 Å². The Morgan fingerprint density at radius 2 is 1.00 bits per heavy atom. The lowest BCUT2D eigenvalue weighted by atomic mass is 9.92. The van der Waals surface area contributed by atoms with Gasteiger partial charge in [0, 0.05) is 36.7 Å². The first-order valence-corrected chi connectivity index (χ1v) is 17.9. The van der Waals surface area contributed by atoms with E-state index in [1.54, 1.807) is 0 Å². The molecule has 0 saturated carbocycles. The van der Waals surface area contributed by atoms with Crippen LogP contribution in [0.3, 0.4) is 0 Å². The number of thiophene rings is 1. The molecule has 238 valence electrons. The average molecular weight is 668 g/mol. The Kier molecular flexibility index (Phi) is 7.00. The Balaban J connectivity index is 1.09. The van der Waals surface area contributed by atoms with Gasteiger partial charge < -0.3 is 0 Å². The van der Waals surface area contributed by atoms with Crippen LogP contribution >= 0.6 is 11.3 Å². The molecule has 0 amide bonds. The van der Waals surface area contributed by atoms with Gasteiger partial charge in [0.25, 0.3) is 0 Å². The summed E-state index contributed by atoms with van der Waals surface area (Å²) >= 11 is 1.87. The van der Waals surface area contributed by atoms with E-state index in [0.29, 0.717) is 5.82 Å². The van der Waals surface area contributed by atoms with Gasteiger partial charge in [-0.25, -0.2) is 15.0 Å². The van der Waals surface area contributed by atoms with Crippen LogP contribution in [0.2, 0.25) is 0 Å². The van der Waals surface area contributed by atoms with Crippen molar-refractivity contribution >= 4 is 53.2 Å². The fourth-order valence-corrected chi connectivity index (χ4v) is 8.46. The Hall–Kier alpha value is -6.49. The second-order valence-corrected chi connectivity index (χ2v) is 13.8. The van der Waals surface area contributed by atoms with Crippen molar-refractivity contribution in [3.63, 3.8) is 0 Å². The summed E-state index contributed by atoms with van der Waals surface area (Å²) in [6, 6.07) is 62.1. The third-order valence-corrected chi connectivity index (χ3v) is 11.0. The zero-order chi connectivity index (χ0) is 33.7. The summed E-state index contributed by atoms with van der Waals surface area (Å²) in [6.45, 7) is 0. The second-order valence-electron chi connectivity index (χ2n) is 12.8. The van der Waals surface area contributed by atoms with Crippen molar-refractivity contribution in [2.45, 2.75) is 0 Å². The number of hydrogen-bond acceptors (Lipinski definition) is 4. The minimum atomic E-state index is 0.606. The van der Waals surface area contributed by atoms with E-state index in [-0.39, 0.29) is 0 Å². The quantitative estimate of drug-likeness (QED) is 0.183. The van der Waals surface area contributed by atoms with Gasteiger partial charge in [0.1, 0.15) is 5.69 Å². The fraction of sp³-hybridized carbons (Fsp3) is 0. The Labute approximate surface area is 299 Å². The highest BCUT2D eigenvalue weighted by Gasteiger charge is 2.16. The van der Waals surface area contributed by atoms with Crippen molar-refractivity contribution < 1.29 is 0 Å². The molecule has 10 rings (SSSR count). The van der Waals surface area contributed by atoms with E-state index in [4.69, 9.17) is 15.0 Å². The number of nitrogens with zero attached hydrogens (tertiary/aromatic N) is 3. The molecule has 3 heterocycles. The molecular weight excluding hydrogens is 639 g/mol. The highest BCUT2D eigenvalue weighted by atomic mass is 32.1. The molecule has 0 aliphatic rings. The number of pyridine rings is 1. The third-order valence-electron chi connectivity index (χ3n) is 9.73. The van der Waals surface area contributed by atoms with Gasteiger partial charge in [0.2, 0.25) is 0 Å². The fourth-order valence-electron chi connectivity index (χ4n) is 7.23. The number of aromatic nitrogens is 3. The van der Waals surface area contributed by atoms with Crippen molar-refractivity contribution in [2.24, 2.45) is 0 Å². The topological polar surface area (TPSA) is 38.7 Å². The lowest BCUT2D eigenvalue weighted by Gasteiger charge is -2.14. The maximum Gasteiger partial charge on any atom is 0.179 e. The van der Waals surface area contributed by atoms with E-state index in [9.17, 15) is 0 Å². The van der Waals surface area contributed by atoms with E-state index in [0.717, 1.165) is 44.5 Å². The van der Waals surface area contributed by atoms with Crippen LogP contribution in [0.25, 0.3) is 98.1 Å². The summed E-state index contributed by atoms with van der Waals surface area (Å²) in [7, 11) is 0. The minimum absolute atomic E-state index is 0.606. The van der Waals surface area contributed by atoms with Crippen LogP contribution in [-0.4, -0.2) is 15.0 Å². The minimum Gasteiger partial charge on any atom is -0.244 e. The van der Waals surface area contributed by atoms with Gasteiger partial charge in [-0.2, -0.15) is 0 Å². The molecule has 0 saturated heterocycles.